The number of amides is 1. The number of thiocarbonyl (C=S) groups is 1. The second-order valence-corrected chi connectivity index (χ2v) is 6.69. The molecule has 2 rings (SSSR count). The van der Waals surface area contributed by atoms with Crippen LogP contribution in [0.15, 0.2) is 30.3 Å². The van der Waals surface area contributed by atoms with Gasteiger partial charge in [0.25, 0.3) is 0 Å². The van der Waals surface area contributed by atoms with Gasteiger partial charge in [0, 0.05) is 13.1 Å². The van der Waals surface area contributed by atoms with Crippen molar-refractivity contribution in [2.24, 2.45) is 23.5 Å². The van der Waals surface area contributed by atoms with Gasteiger partial charge in [0.1, 0.15) is 0 Å². The highest BCUT2D eigenvalue weighted by atomic mass is 32.1. The third-order valence-corrected chi connectivity index (χ3v) is 4.69. The number of benzene rings is 1. The molecule has 1 heterocycles. The van der Waals surface area contributed by atoms with E-state index in [1.807, 2.05) is 35.2 Å². The Bertz CT molecular complexity index is 501. The van der Waals surface area contributed by atoms with Crippen molar-refractivity contribution in [3.63, 3.8) is 0 Å². The molecule has 2 unspecified atom stereocenters. The predicted octanol–water partition coefficient (Wildman–Crippen LogP) is 2.64. The molecule has 1 aromatic rings. The number of carbonyl (C=O) groups excluding carboxylic acids is 1. The zero-order valence-corrected chi connectivity index (χ0v) is 13.6. The van der Waals surface area contributed by atoms with E-state index in [4.69, 9.17) is 18.0 Å². The molecule has 1 saturated heterocycles. The van der Waals surface area contributed by atoms with Crippen molar-refractivity contribution in [1.29, 1.82) is 0 Å². The summed E-state index contributed by atoms with van der Waals surface area (Å²) in [5.41, 5.74) is 6.93. The van der Waals surface area contributed by atoms with Crippen LogP contribution in [-0.4, -0.2) is 28.9 Å². The van der Waals surface area contributed by atoms with E-state index >= 15 is 0 Å². The van der Waals surface area contributed by atoms with Crippen LogP contribution in [0.2, 0.25) is 0 Å². The Morgan fingerprint density at radius 3 is 2.57 bits per heavy atom. The summed E-state index contributed by atoms with van der Waals surface area (Å²) in [6, 6.07) is 9.94. The maximum atomic E-state index is 12.7. The fraction of sp³-hybridized carbons (Fsp3) is 0.529. The highest BCUT2D eigenvalue weighted by Gasteiger charge is 2.33. The van der Waals surface area contributed by atoms with E-state index in [1.54, 1.807) is 0 Å². The van der Waals surface area contributed by atoms with Crippen molar-refractivity contribution < 1.29 is 4.79 Å². The Labute approximate surface area is 132 Å². The molecular formula is C17H24N2OS. The van der Waals surface area contributed by atoms with Crippen LogP contribution in [-0.2, 0) is 11.2 Å². The number of hydrogen-bond acceptors (Lipinski definition) is 2. The third kappa shape index (κ3) is 4.03. The summed E-state index contributed by atoms with van der Waals surface area (Å²) in [4.78, 5) is 15.0. The normalized spacial score (nSPS) is 19.8. The average Bonchev–Trinajstić information content (AvgIpc) is 2.95. The summed E-state index contributed by atoms with van der Waals surface area (Å²) in [5, 5.41) is 0. The van der Waals surface area contributed by atoms with Crippen molar-refractivity contribution in [3.8, 4) is 0 Å². The molecule has 3 nitrogen and oxygen atoms in total. The van der Waals surface area contributed by atoms with Gasteiger partial charge in [0.15, 0.2) is 0 Å². The molecule has 1 aromatic carbocycles. The van der Waals surface area contributed by atoms with Gasteiger partial charge in [-0.2, -0.15) is 0 Å². The first-order chi connectivity index (χ1) is 9.99. The van der Waals surface area contributed by atoms with Gasteiger partial charge in [0.05, 0.1) is 10.9 Å². The maximum absolute atomic E-state index is 12.7. The quantitative estimate of drug-likeness (QED) is 0.851. The van der Waals surface area contributed by atoms with E-state index < -0.39 is 0 Å². The van der Waals surface area contributed by atoms with Crippen molar-refractivity contribution in [2.45, 2.75) is 26.7 Å². The Kier molecular flexibility index (Phi) is 5.34. The first kappa shape index (κ1) is 16.0. The maximum Gasteiger partial charge on any atom is 0.232 e. The van der Waals surface area contributed by atoms with Crippen molar-refractivity contribution in [1.82, 2.24) is 4.90 Å². The highest BCUT2D eigenvalue weighted by Crippen LogP contribution is 2.25. The SMILES string of the molecule is CC(C)C1CCN(C(=O)C(Cc2ccccc2)C(N)=S)C1. The Hall–Kier alpha value is -1.42. The number of hydrogen-bond donors (Lipinski definition) is 1. The van der Waals surface area contributed by atoms with Crippen LogP contribution in [0.4, 0.5) is 0 Å². The van der Waals surface area contributed by atoms with Gasteiger partial charge in [-0.25, -0.2) is 0 Å². The molecule has 0 radical (unpaired) electrons. The van der Waals surface area contributed by atoms with E-state index in [1.165, 1.54) is 0 Å². The van der Waals surface area contributed by atoms with E-state index in [9.17, 15) is 4.79 Å². The number of rotatable bonds is 5. The summed E-state index contributed by atoms with van der Waals surface area (Å²) in [5.74, 6) is 0.917. The molecule has 1 fully saturated rings. The molecule has 0 saturated carbocycles. The molecule has 0 aromatic heterocycles. The predicted molar refractivity (Wildman–Crippen MR) is 89.9 cm³/mol. The molecule has 1 aliphatic heterocycles. The molecule has 21 heavy (non-hydrogen) atoms. The van der Waals surface area contributed by atoms with Crippen molar-refractivity contribution in [3.05, 3.63) is 35.9 Å². The Morgan fingerprint density at radius 2 is 2.05 bits per heavy atom. The minimum absolute atomic E-state index is 0.0921. The lowest BCUT2D eigenvalue weighted by molar-refractivity contribution is -0.132. The lowest BCUT2D eigenvalue weighted by Gasteiger charge is -2.23. The number of nitrogens with two attached hydrogens (primary N) is 1. The molecule has 2 atom stereocenters. The third-order valence-electron chi connectivity index (χ3n) is 4.40. The first-order valence-electron chi connectivity index (χ1n) is 7.61. The van der Waals surface area contributed by atoms with Crippen molar-refractivity contribution in [2.75, 3.05) is 13.1 Å². The molecule has 0 aliphatic carbocycles. The van der Waals surface area contributed by atoms with Crippen LogP contribution in [0.25, 0.3) is 0 Å². The molecule has 4 heteroatoms. The molecule has 0 bridgehead atoms. The van der Waals surface area contributed by atoms with Gasteiger partial charge >= 0.3 is 0 Å². The minimum Gasteiger partial charge on any atom is -0.393 e. The van der Waals surface area contributed by atoms with Gasteiger partial charge in [-0.1, -0.05) is 56.4 Å². The Morgan fingerprint density at radius 1 is 1.38 bits per heavy atom. The molecule has 1 aliphatic rings. The lowest BCUT2D eigenvalue weighted by atomic mass is 9.95. The van der Waals surface area contributed by atoms with Crippen LogP contribution < -0.4 is 5.73 Å². The lowest BCUT2D eigenvalue weighted by Crippen LogP contribution is -2.41. The first-order valence-corrected chi connectivity index (χ1v) is 8.02. The smallest absolute Gasteiger partial charge is 0.232 e. The van der Waals surface area contributed by atoms with Gasteiger partial charge < -0.3 is 10.6 Å². The second-order valence-electron chi connectivity index (χ2n) is 6.22. The van der Waals surface area contributed by atoms with Crippen LogP contribution >= 0.6 is 12.2 Å². The van der Waals surface area contributed by atoms with Crippen molar-refractivity contribution >= 4 is 23.1 Å². The van der Waals surface area contributed by atoms with E-state index in [-0.39, 0.29) is 11.8 Å². The molecule has 0 spiro atoms. The molecule has 114 valence electrons. The summed E-state index contributed by atoms with van der Waals surface area (Å²) in [6.45, 7) is 6.10. The van der Waals surface area contributed by atoms with Gasteiger partial charge in [0.2, 0.25) is 5.91 Å². The molecule has 2 N–H and O–H groups in total. The fourth-order valence-electron chi connectivity index (χ4n) is 2.91. The standard InChI is InChI=1S/C17H24N2OS/c1-12(2)14-8-9-19(11-14)17(20)15(16(18)21)10-13-6-4-3-5-7-13/h3-7,12,14-15H,8-11H2,1-2H3,(H2,18,21). The van der Waals surface area contributed by atoms with E-state index in [0.717, 1.165) is 25.1 Å². The zero-order valence-electron chi connectivity index (χ0n) is 12.8. The molecular weight excluding hydrogens is 280 g/mol. The molecule has 1 amide bonds. The van der Waals surface area contributed by atoms with Crippen LogP contribution in [0, 0.1) is 17.8 Å². The monoisotopic (exact) mass is 304 g/mol. The highest BCUT2D eigenvalue weighted by molar-refractivity contribution is 7.80. The van der Waals surface area contributed by atoms with Crippen LogP contribution in [0.5, 0.6) is 0 Å². The van der Waals surface area contributed by atoms with Crippen LogP contribution in [0.1, 0.15) is 25.8 Å². The van der Waals surface area contributed by atoms with E-state index in [2.05, 4.69) is 13.8 Å². The number of likely N-dealkylation sites (tertiary alicyclic amines) is 1. The summed E-state index contributed by atoms with van der Waals surface area (Å²) in [7, 11) is 0. The summed E-state index contributed by atoms with van der Waals surface area (Å²) < 4.78 is 0. The van der Waals surface area contributed by atoms with Gasteiger partial charge in [-0.3, -0.25) is 4.79 Å². The minimum atomic E-state index is -0.381. The fourth-order valence-corrected chi connectivity index (χ4v) is 3.10. The van der Waals surface area contributed by atoms with Gasteiger partial charge in [-0.05, 0) is 30.2 Å². The largest absolute Gasteiger partial charge is 0.393 e. The van der Waals surface area contributed by atoms with Gasteiger partial charge in [-0.15, -0.1) is 0 Å². The van der Waals surface area contributed by atoms with E-state index in [0.29, 0.717) is 23.2 Å². The zero-order chi connectivity index (χ0) is 15.4. The summed E-state index contributed by atoms with van der Waals surface area (Å²) >= 11 is 5.14. The number of carbonyl (C=O) groups is 1. The number of nitrogens with zero attached hydrogens (tertiary/aromatic N) is 1. The second kappa shape index (κ2) is 7.03. The van der Waals surface area contributed by atoms with Crippen LogP contribution in [0.3, 0.4) is 0 Å². The Balaban J connectivity index is 2.05. The average molecular weight is 304 g/mol. The summed E-state index contributed by atoms with van der Waals surface area (Å²) in [6.07, 6.45) is 1.68. The topological polar surface area (TPSA) is 46.3 Å².